The summed E-state index contributed by atoms with van der Waals surface area (Å²) in [6.07, 6.45) is -10.0. The lowest BCUT2D eigenvalue weighted by atomic mass is 9.78. The molecule has 2 heterocycles. The highest BCUT2D eigenvalue weighted by molar-refractivity contribution is 6.01. The van der Waals surface area contributed by atoms with Gasteiger partial charge in [-0.25, -0.2) is 0 Å². The molecule has 0 saturated carbocycles. The first-order valence-corrected chi connectivity index (χ1v) is 14.8. The van der Waals surface area contributed by atoms with Crippen molar-refractivity contribution < 1.29 is 45.5 Å². The van der Waals surface area contributed by atoms with Crippen molar-refractivity contribution in [2.45, 2.75) is 37.3 Å². The molecule has 1 saturated heterocycles. The number of carbonyl (C=O) groups excluding carboxylic acids is 4. The third kappa shape index (κ3) is 7.42. The largest absolute Gasteiger partial charge is 0.416 e. The zero-order valence-electron chi connectivity index (χ0n) is 24.9. The van der Waals surface area contributed by atoms with Gasteiger partial charge in [-0.15, -0.1) is 0 Å². The Hall–Kier alpha value is -4.88. The Kier molecular flexibility index (Phi) is 9.59. The minimum atomic E-state index is -5.18. The molecule has 8 nitrogen and oxygen atoms in total. The lowest BCUT2D eigenvalue weighted by molar-refractivity contribution is -0.143. The average molecular weight is 661 g/mol. The molecular formula is C33H30F6N4O4. The van der Waals surface area contributed by atoms with E-state index in [9.17, 15) is 45.5 Å². The Morgan fingerprint density at radius 1 is 0.830 bits per heavy atom. The number of amides is 4. The fourth-order valence-electron chi connectivity index (χ4n) is 5.99. The monoisotopic (exact) mass is 660 g/mol. The Morgan fingerprint density at radius 2 is 1.43 bits per heavy atom. The summed E-state index contributed by atoms with van der Waals surface area (Å²) in [6.45, 7) is 0.588. The van der Waals surface area contributed by atoms with E-state index in [1.54, 1.807) is 30.3 Å². The summed E-state index contributed by atoms with van der Waals surface area (Å²) in [5, 5.41) is 2.73. The number of carbonyl (C=O) groups is 4. The molecule has 4 amide bonds. The minimum absolute atomic E-state index is 0.000646. The molecule has 0 bridgehead atoms. The highest BCUT2D eigenvalue weighted by Crippen LogP contribution is 2.46. The molecule has 1 fully saturated rings. The summed E-state index contributed by atoms with van der Waals surface area (Å²) >= 11 is 0. The van der Waals surface area contributed by atoms with Crippen LogP contribution >= 0.6 is 0 Å². The van der Waals surface area contributed by atoms with Crippen molar-refractivity contribution in [2.75, 3.05) is 32.7 Å². The Morgan fingerprint density at radius 3 is 2.02 bits per heavy atom. The molecule has 248 valence electrons. The number of alkyl halides is 6. The molecule has 14 heteroatoms. The molecule has 3 aromatic carbocycles. The third-order valence-corrected chi connectivity index (χ3v) is 8.36. The first-order valence-electron chi connectivity index (χ1n) is 14.8. The summed E-state index contributed by atoms with van der Waals surface area (Å²) < 4.78 is 83.9. The number of rotatable bonds is 8. The second kappa shape index (κ2) is 13.5. The van der Waals surface area contributed by atoms with Gasteiger partial charge < -0.3 is 20.0 Å². The number of halogens is 6. The molecule has 47 heavy (non-hydrogen) atoms. The molecule has 0 spiro atoms. The number of hydrogen-bond donors (Lipinski definition) is 1. The Balaban J connectivity index is 1.59. The maximum Gasteiger partial charge on any atom is 0.416 e. The highest BCUT2D eigenvalue weighted by atomic mass is 19.4. The van der Waals surface area contributed by atoms with Gasteiger partial charge in [0.15, 0.2) is 0 Å². The molecule has 3 aromatic rings. The fraction of sp³-hybridized carbons (Fsp3) is 0.333. The van der Waals surface area contributed by atoms with Gasteiger partial charge in [-0.2, -0.15) is 26.3 Å². The van der Waals surface area contributed by atoms with E-state index in [0.29, 0.717) is 24.1 Å². The van der Waals surface area contributed by atoms with Crippen LogP contribution in [0.3, 0.4) is 0 Å². The second-order valence-corrected chi connectivity index (χ2v) is 11.3. The quantitative estimate of drug-likeness (QED) is 0.272. The van der Waals surface area contributed by atoms with Crippen LogP contribution in [-0.2, 0) is 33.3 Å². The summed E-state index contributed by atoms with van der Waals surface area (Å²) in [6, 6.07) is 14.0. The standard InChI is InChI=1S/C33H30F6N4O4/c34-32(35,36)23-16-22(17-24(18-23)33(37,38)39)29-28(30(46)40-19-21-6-2-1-3-7-21)25-8-4-5-9-26(25)31(47)43(29)11-10-27(45)42-14-12-41(20-44)13-15-42/h1-9,16-18,20,28-29H,10-15,19H2,(H,40,46). The summed E-state index contributed by atoms with van der Waals surface area (Å²) in [5.41, 5.74) is -2.89. The van der Waals surface area contributed by atoms with Crippen LogP contribution in [-0.4, -0.2) is 71.6 Å². The van der Waals surface area contributed by atoms with Crippen LogP contribution in [0.1, 0.15) is 56.6 Å². The molecule has 2 aliphatic heterocycles. The van der Waals surface area contributed by atoms with Crippen LogP contribution in [0.5, 0.6) is 0 Å². The van der Waals surface area contributed by atoms with Gasteiger partial charge in [-0.1, -0.05) is 48.5 Å². The molecular weight excluding hydrogens is 630 g/mol. The smallest absolute Gasteiger partial charge is 0.351 e. The van der Waals surface area contributed by atoms with E-state index in [2.05, 4.69) is 5.32 Å². The van der Waals surface area contributed by atoms with Crippen molar-refractivity contribution in [1.29, 1.82) is 0 Å². The van der Waals surface area contributed by atoms with Crippen LogP contribution in [0, 0.1) is 0 Å². The van der Waals surface area contributed by atoms with E-state index in [0.717, 1.165) is 4.90 Å². The van der Waals surface area contributed by atoms with Gasteiger partial charge in [0.2, 0.25) is 18.2 Å². The highest BCUT2D eigenvalue weighted by Gasteiger charge is 2.46. The van der Waals surface area contributed by atoms with E-state index in [1.165, 1.54) is 34.1 Å². The molecule has 0 radical (unpaired) electrons. The fourth-order valence-corrected chi connectivity index (χ4v) is 5.99. The van der Waals surface area contributed by atoms with Crippen LogP contribution in [0.15, 0.2) is 72.8 Å². The van der Waals surface area contributed by atoms with Gasteiger partial charge in [0.25, 0.3) is 5.91 Å². The van der Waals surface area contributed by atoms with Gasteiger partial charge in [0, 0.05) is 51.3 Å². The van der Waals surface area contributed by atoms with Gasteiger partial charge in [0.1, 0.15) is 0 Å². The van der Waals surface area contributed by atoms with Crippen molar-refractivity contribution in [3.63, 3.8) is 0 Å². The number of nitrogens with one attached hydrogen (secondary N) is 1. The van der Waals surface area contributed by atoms with E-state index in [1.807, 2.05) is 0 Å². The topological polar surface area (TPSA) is 90.0 Å². The van der Waals surface area contributed by atoms with Crippen molar-refractivity contribution in [1.82, 2.24) is 20.0 Å². The first kappa shape index (κ1) is 33.5. The Labute approximate surface area is 265 Å². The van der Waals surface area contributed by atoms with Gasteiger partial charge in [-0.3, -0.25) is 19.2 Å². The maximum absolute atomic E-state index is 14.0. The van der Waals surface area contributed by atoms with Crippen molar-refractivity contribution in [3.05, 3.63) is 106 Å². The lowest BCUT2D eigenvalue weighted by Gasteiger charge is -2.42. The SMILES string of the molecule is O=CN1CCN(C(=O)CCN2C(=O)c3ccccc3C(C(=O)NCc3ccccc3)C2c2cc(C(F)(F)F)cc(C(F)(F)F)c2)CC1. The van der Waals surface area contributed by atoms with E-state index < -0.39 is 65.3 Å². The van der Waals surface area contributed by atoms with Gasteiger partial charge >= 0.3 is 12.4 Å². The lowest BCUT2D eigenvalue weighted by Crippen LogP contribution is -2.50. The van der Waals surface area contributed by atoms with Crippen molar-refractivity contribution in [2.24, 2.45) is 0 Å². The van der Waals surface area contributed by atoms with E-state index >= 15 is 0 Å². The van der Waals surface area contributed by atoms with E-state index in [-0.39, 0.29) is 56.3 Å². The minimum Gasteiger partial charge on any atom is -0.351 e. The predicted octanol–water partition coefficient (Wildman–Crippen LogP) is 5.01. The number of hydrogen-bond acceptors (Lipinski definition) is 4. The second-order valence-electron chi connectivity index (χ2n) is 11.3. The van der Waals surface area contributed by atoms with Crippen LogP contribution in [0.4, 0.5) is 26.3 Å². The number of piperazine rings is 1. The zero-order valence-corrected chi connectivity index (χ0v) is 24.9. The van der Waals surface area contributed by atoms with Crippen molar-refractivity contribution >= 4 is 24.1 Å². The molecule has 2 unspecified atom stereocenters. The molecule has 1 N–H and O–H groups in total. The molecule has 0 aromatic heterocycles. The van der Waals surface area contributed by atoms with Crippen LogP contribution in [0.25, 0.3) is 0 Å². The molecule has 2 aliphatic rings. The van der Waals surface area contributed by atoms with Crippen LogP contribution < -0.4 is 5.32 Å². The average Bonchev–Trinajstić information content (AvgIpc) is 3.06. The molecule has 2 atom stereocenters. The third-order valence-electron chi connectivity index (χ3n) is 8.36. The predicted molar refractivity (Wildman–Crippen MR) is 157 cm³/mol. The number of nitrogens with zero attached hydrogens (tertiary/aromatic N) is 3. The first-order chi connectivity index (χ1) is 22.3. The van der Waals surface area contributed by atoms with Gasteiger partial charge in [0.05, 0.1) is 23.1 Å². The normalized spacial score (nSPS) is 18.5. The summed E-state index contributed by atoms with van der Waals surface area (Å²) in [7, 11) is 0. The Bertz CT molecular complexity index is 1610. The number of fused-ring (bicyclic) bond motifs is 1. The van der Waals surface area contributed by atoms with Crippen LogP contribution in [0.2, 0.25) is 0 Å². The van der Waals surface area contributed by atoms with Gasteiger partial charge in [-0.05, 0) is 41.0 Å². The maximum atomic E-state index is 14.0. The zero-order chi connectivity index (χ0) is 33.9. The molecule has 5 rings (SSSR count). The molecule has 0 aliphatic carbocycles. The van der Waals surface area contributed by atoms with E-state index in [4.69, 9.17) is 0 Å². The summed E-state index contributed by atoms with van der Waals surface area (Å²) in [5.74, 6) is -3.33. The van der Waals surface area contributed by atoms with Crippen molar-refractivity contribution in [3.8, 4) is 0 Å². The number of benzene rings is 3. The summed E-state index contributed by atoms with van der Waals surface area (Å²) in [4.78, 5) is 56.2.